The molecule has 1 aromatic rings. The lowest BCUT2D eigenvalue weighted by Gasteiger charge is -2.18. The van der Waals surface area contributed by atoms with Crippen LogP contribution in [0.5, 0.6) is 11.5 Å². The van der Waals surface area contributed by atoms with E-state index in [9.17, 15) is 9.90 Å². The average Bonchev–Trinajstić information content (AvgIpc) is 2.73. The summed E-state index contributed by atoms with van der Waals surface area (Å²) >= 11 is 0. The van der Waals surface area contributed by atoms with E-state index in [2.05, 4.69) is 0 Å². The van der Waals surface area contributed by atoms with Crippen LogP contribution in [0.3, 0.4) is 0 Å². The van der Waals surface area contributed by atoms with Gasteiger partial charge in [-0.25, -0.2) is 0 Å². The van der Waals surface area contributed by atoms with Crippen molar-refractivity contribution in [3.63, 3.8) is 0 Å². The van der Waals surface area contributed by atoms with Gasteiger partial charge in [-0.2, -0.15) is 0 Å². The van der Waals surface area contributed by atoms with E-state index in [0.717, 1.165) is 5.56 Å². The van der Waals surface area contributed by atoms with Gasteiger partial charge >= 0.3 is 5.97 Å². The first-order valence-electron chi connectivity index (χ1n) is 5.71. The molecule has 1 aliphatic heterocycles. The Morgan fingerprint density at radius 1 is 1.65 bits per heavy atom. The highest BCUT2D eigenvalue weighted by Gasteiger charge is 2.35. The van der Waals surface area contributed by atoms with Crippen LogP contribution >= 0.6 is 0 Å². The molecular formula is C13H16O4. The van der Waals surface area contributed by atoms with E-state index in [1.165, 1.54) is 7.11 Å². The quantitative estimate of drug-likeness (QED) is 0.816. The van der Waals surface area contributed by atoms with Crippen molar-refractivity contribution < 1.29 is 19.4 Å². The minimum absolute atomic E-state index is 0.0167. The van der Waals surface area contributed by atoms with Gasteiger partial charge < -0.3 is 14.6 Å². The van der Waals surface area contributed by atoms with Gasteiger partial charge in [0.1, 0.15) is 11.5 Å². The van der Waals surface area contributed by atoms with E-state index < -0.39 is 0 Å². The molecule has 17 heavy (non-hydrogen) atoms. The summed E-state index contributed by atoms with van der Waals surface area (Å²) in [7, 11) is 1.40. The molecule has 0 aliphatic carbocycles. The highest BCUT2D eigenvalue weighted by molar-refractivity contribution is 5.74. The van der Waals surface area contributed by atoms with Gasteiger partial charge in [0.25, 0.3) is 0 Å². The summed E-state index contributed by atoms with van der Waals surface area (Å²) in [6.45, 7) is 2.42. The summed E-state index contributed by atoms with van der Waals surface area (Å²) in [6, 6.07) is 5.01. The second-order valence-corrected chi connectivity index (χ2v) is 4.18. The third kappa shape index (κ3) is 2.07. The molecule has 0 bridgehead atoms. The van der Waals surface area contributed by atoms with E-state index >= 15 is 0 Å². The molecule has 0 amide bonds. The number of rotatable bonds is 3. The van der Waals surface area contributed by atoms with E-state index in [-0.39, 0.29) is 23.6 Å². The molecule has 0 saturated carbocycles. The fraction of sp³-hybridized carbons (Fsp3) is 0.462. The number of carbonyl (C=O) groups excluding carboxylic acids is 1. The predicted octanol–water partition coefficient (Wildman–Crippen LogP) is 2.07. The molecule has 4 heteroatoms. The molecule has 2 atom stereocenters. The zero-order valence-electron chi connectivity index (χ0n) is 9.97. The second-order valence-electron chi connectivity index (χ2n) is 4.18. The molecular weight excluding hydrogens is 220 g/mol. The molecule has 4 nitrogen and oxygen atoms in total. The van der Waals surface area contributed by atoms with Crippen LogP contribution in [-0.4, -0.2) is 24.8 Å². The number of esters is 1. The number of carbonyl (C=O) groups is 1. The zero-order valence-corrected chi connectivity index (χ0v) is 9.97. The van der Waals surface area contributed by atoms with E-state index in [1.807, 2.05) is 13.0 Å². The number of hydrogen-bond donors (Lipinski definition) is 1. The van der Waals surface area contributed by atoms with Gasteiger partial charge in [0.15, 0.2) is 0 Å². The van der Waals surface area contributed by atoms with Gasteiger partial charge in [-0.05, 0) is 12.5 Å². The Balaban J connectivity index is 2.29. The first-order chi connectivity index (χ1) is 8.17. The Kier molecular flexibility index (Phi) is 3.22. The molecule has 92 valence electrons. The Morgan fingerprint density at radius 2 is 2.41 bits per heavy atom. The normalized spacial score (nSPS) is 19.3. The molecule has 0 saturated heterocycles. The molecule has 1 aromatic carbocycles. The summed E-state index contributed by atoms with van der Waals surface area (Å²) in [5, 5.41) is 9.36. The maximum atomic E-state index is 11.7. The van der Waals surface area contributed by atoms with Crippen molar-refractivity contribution in [1.29, 1.82) is 0 Å². The van der Waals surface area contributed by atoms with Crippen molar-refractivity contribution in [2.24, 2.45) is 5.92 Å². The monoisotopic (exact) mass is 236 g/mol. The summed E-state index contributed by atoms with van der Waals surface area (Å²) in [6.07, 6.45) is 0.709. The van der Waals surface area contributed by atoms with E-state index in [4.69, 9.17) is 9.47 Å². The third-order valence-electron chi connectivity index (χ3n) is 3.24. The molecule has 0 spiro atoms. The minimum atomic E-state index is -0.206. The topological polar surface area (TPSA) is 55.8 Å². The fourth-order valence-corrected chi connectivity index (χ4v) is 2.32. The van der Waals surface area contributed by atoms with Crippen LogP contribution in [0.25, 0.3) is 0 Å². The number of phenolic OH excluding ortho intramolecular Hbond substituents is 1. The van der Waals surface area contributed by atoms with Crippen molar-refractivity contribution in [3.05, 3.63) is 23.8 Å². The fourth-order valence-electron chi connectivity index (χ4n) is 2.32. The molecule has 1 heterocycles. The lowest BCUT2D eigenvalue weighted by Crippen LogP contribution is -2.24. The molecule has 1 aliphatic rings. The first kappa shape index (κ1) is 11.8. The van der Waals surface area contributed by atoms with Gasteiger partial charge in [-0.3, -0.25) is 4.79 Å². The third-order valence-corrected chi connectivity index (χ3v) is 3.24. The maximum absolute atomic E-state index is 11.7. The molecule has 0 aromatic heterocycles. The number of phenols is 1. The van der Waals surface area contributed by atoms with Crippen LogP contribution in [0, 0.1) is 5.92 Å². The molecule has 0 radical (unpaired) electrons. The highest BCUT2D eigenvalue weighted by atomic mass is 16.5. The summed E-state index contributed by atoms with van der Waals surface area (Å²) in [5.74, 6) is 0.462. The van der Waals surface area contributed by atoms with Crippen LogP contribution in [-0.2, 0) is 9.53 Å². The van der Waals surface area contributed by atoms with E-state index in [1.54, 1.807) is 12.1 Å². The Morgan fingerprint density at radius 3 is 3.06 bits per heavy atom. The van der Waals surface area contributed by atoms with Crippen LogP contribution < -0.4 is 4.74 Å². The Labute approximate surface area is 100 Å². The van der Waals surface area contributed by atoms with Crippen LogP contribution in [0.4, 0.5) is 0 Å². The average molecular weight is 236 g/mol. The predicted molar refractivity (Wildman–Crippen MR) is 62.1 cm³/mol. The van der Waals surface area contributed by atoms with Gasteiger partial charge in [-0.1, -0.05) is 13.0 Å². The van der Waals surface area contributed by atoms with Crippen molar-refractivity contribution in [2.45, 2.75) is 19.3 Å². The lowest BCUT2D eigenvalue weighted by molar-refractivity contribution is -0.146. The molecule has 1 N–H and O–H groups in total. The first-order valence-corrected chi connectivity index (χ1v) is 5.71. The van der Waals surface area contributed by atoms with Gasteiger partial charge in [0, 0.05) is 17.5 Å². The zero-order chi connectivity index (χ0) is 12.4. The number of aromatic hydroxyl groups is 1. The molecule has 2 rings (SSSR count). The van der Waals surface area contributed by atoms with Crippen molar-refractivity contribution >= 4 is 5.97 Å². The second kappa shape index (κ2) is 4.65. The standard InChI is InChI=1S/C13H16O4/c1-3-9(13(15)16-2)11-7-17-12-6-8(14)4-5-10(11)12/h4-6,9,11,14H,3,7H2,1-2H3. The van der Waals surface area contributed by atoms with Crippen LogP contribution in [0.15, 0.2) is 18.2 Å². The van der Waals surface area contributed by atoms with Gasteiger partial charge in [-0.15, -0.1) is 0 Å². The lowest BCUT2D eigenvalue weighted by atomic mass is 9.86. The number of fused-ring (bicyclic) bond motifs is 1. The van der Waals surface area contributed by atoms with Crippen molar-refractivity contribution in [3.8, 4) is 11.5 Å². The Hall–Kier alpha value is -1.71. The largest absolute Gasteiger partial charge is 0.508 e. The molecule has 0 fully saturated rings. The van der Waals surface area contributed by atoms with Gasteiger partial charge in [0.2, 0.25) is 0 Å². The number of hydrogen-bond acceptors (Lipinski definition) is 4. The molecule has 2 unspecified atom stereocenters. The number of benzene rings is 1. The summed E-state index contributed by atoms with van der Waals surface area (Å²) < 4.78 is 10.3. The maximum Gasteiger partial charge on any atom is 0.309 e. The van der Waals surface area contributed by atoms with E-state index in [0.29, 0.717) is 18.8 Å². The summed E-state index contributed by atoms with van der Waals surface area (Å²) in [5.41, 5.74) is 0.972. The van der Waals surface area contributed by atoms with Crippen LogP contribution in [0.2, 0.25) is 0 Å². The SMILES string of the molecule is CCC(C(=O)OC)C1COc2cc(O)ccc21. The Bertz CT molecular complexity index is 427. The number of methoxy groups -OCH3 is 1. The minimum Gasteiger partial charge on any atom is -0.508 e. The van der Waals surface area contributed by atoms with Crippen molar-refractivity contribution in [1.82, 2.24) is 0 Å². The highest BCUT2D eigenvalue weighted by Crippen LogP contribution is 2.41. The van der Waals surface area contributed by atoms with Gasteiger partial charge in [0.05, 0.1) is 19.6 Å². The van der Waals surface area contributed by atoms with Crippen LogP contribution in [0.1, 0.15) is 24.8 Å². The van der Waals surface area contributed by atoms with Crippen molar-refractivity contribution in [2.75, 3.05) is 13.7 Å². The summed E-state index contributed by atoms with van der Waals surface area (Å²) in [4.78, 5) is 11.7. The smallest absolute Gasteiger partial charge is 0.309 e. The number of ether oxygens (including phenoxy) is 2.